The smallest absolute Gasteiger partial charge is 0.222 e. The second-order valence-electron chi connectivity index (χ2n) is 52.2. The molecule has 0 aliphatic heterocycles. The van der Waals surface area contributed by atoms with Gasteiger partial charge < -0.3 is 51.5 Å². The fourth-order valence-corrected chi connectivity index (χ4v) is 38.0. The van der Waals surface area contributed by atoms with Gasteiger partial charge in [-0.1, -0.05) is 134 Å². The number of aliphatic hydroxyl groups is 6. The average molecular weight is 1820 g/mol. The molecule has 0 bridgehead atoms. The van der Waals surface area contributed by atoms with Gasteiger partial charge in [0.15, 0.2) is 0 Å². The zero-order chi connectivity index (χ0) is 94.1. The molecular formula is C117H198N4O10. The lowest BCUT2D eigenvalue weighted by molar-refractivity contribution is -0.133. The van der Waals surface area contributed by atoms with Gasteiger partial charge in [0.1, 0.15) is 0 Å². The van der Waals surface area contributed by atoms with E-state index in [-0.39, 0.29) is 61.3 Å². The first-order valence-corrected chi connectivity index (χ1v) is 56.4. The predicted molar refractivity (Wildman–Crippen MR) is 533 cm³/mol. The van der Waals surface area contributed by atoms with Crippen LogP contribution in [0, 0.1) is 192 Å². The van der Waals surface area contributed by atoms with E-state index in [1.54, 1.807) is 0 Å². The number of carbonyl (C=O) groups excluding carboxylic acids is 4. The molecule has 0 heterocycles. The maximum atomic E-state index is 12.8. The topological polar surface area (TPSA) is 229 Å². The van der Waals surface area contributed by atoms with E-state index in [4.69, 9.17) is 0 Å². The fraction of sp³-hybridized carbons (Fsp3) is 0.915. The largest absolute Gasteiger partial charge is 0.395 e. The van der Waals surface area contributed by atoms with Gasteiger partial charge >= 0.3 is 0 Å². The number of benzene rings is 1. The van der Waals surface area contributed by atoms with Gasteiger partial charge in [0, 0.05) is 51.9 Å². The number of nitrogens with one attached hydrogen (secondary N) is 3. The molecule has 746 valence electrons. The summed E-state index contributed by atoms with van der Waals surface area (Å²) in [5, 5.41) is 69.3. The van der Waals surface area contributed by atoms with Crippen LogP contribution in [-0.4, -0.2) is 122 Å². The maximum absolute atomic E-state index is 12.8. The van der Waals surface area contributed by atoms with Crippen LogP contribution in [0.5, 0.6) is 0 Å². The molecule has 17 rings (SSSR count). The summed E-state index contributed by atoms with van der Waals surface area (Å²) in [4.78, 5) is 52.0. The van der Waals surface area contributed by atoms with Crippen molar-refractivity contribution in [1.29, 1.82) is 0 Å². The second kappa shape index (κ2) is 43.1. The maximum Gasteiger partial charge on any atom is 0.222 e. The van der Waals surface area contributed by atoms with E-state index < -0.39 is 5.54 Å². The Hall–Kier alpha value is -3.14. The predicted octanol–water partition coefficient (Wildman–Crippen LogP) is 24.3. The molecule has 16 saturated carbocycles. The van der Waals surface area contributed by atoms with Crippen molar-refractivity contribution < 1.29 is 49.8 Å². The molecule has 14 heteroatoms. The lowest BCUT2D eigenvalue weighted by Crippen LogP contribution is -2.54. The van der Waals surface area contributed by atoms with Crippen molar-refractivity contribution in [2.24, 2.45) is 185 Å². The van der Waals surface area contributed by atoms with Crippen LogP contribution in [0.25, 0.3) is 0 Å². The molecule has 16 aliphatic rings. The van der Waals surface area contributed by atoms with Gasteiger partial charge in [0.25, 0.3) is 0 Å². The van der Waals surface area contributed by atoms with E-state index in [2.05, 4.69) is 144 Å². The highest BCUT2D eigenvalue weighted by Gasteiger charge is 2.66. The third kappa shape index (κ3) is 21.3. The van der Waals surface area contributed by atoms with Crippen LogP contribution < -0.4 is 16.0 Å². The van der Waals surface area contributed by atoms with E-state index in [1.807, 2.05) is 18.7 Å². The van der Waals surface area contributed by atoms with Crippen LogP contribution >= 0.6 is 0 Å². The molecule has 9 unspecified atom stereocenters. The first kappa shape index (κ1) is 104. The van der Waals surface area contributed by atoms with Crippen LogP contribution in [0.3, 0.4) is 0 Å². The van der Waals surface area contributed by atoms with Crippen molar-refractivity contribution in [3.63, 3.8) is 0 Å². The molecule has 131 heavy (non-hydrogen) atoms. The molecule has 0 aromatic heterocycles. The summed E-state index contributed by atoms with van der Waals surface area (Å²) in [7, 11) is 0. The van der Waals surface area contributed by atoms with Crippen molar-refractivity contribution in [1.82, 2.24) is 20.9 Å². The molecule has 9 N–H and O–H groups in total. The monoisotopic (exact) mass is 1820 g/mol. The Balaban J connectivity index is 0.000000141. The SMILES string of the molecule is CCC(C)(CO)NC(=O)CCC(C)C1CC[C@H]2[C@@H]3CC[C@@H]4C[C@H](O)CC[C@]4(C)[C@H]3CC[C@]12C.CCCN(CCO)C(=O)CCC(C)C1CC[C@H]2[C@@H]3CC[C@@H]4C[C@H](O)CC[C@]4(C)[C@H]3CC[C@]12C.CCCNC(=O)CCC(C)C1CC[C@H]2[C@@H]3CC[C@@H]4C[C@H](O)CC[C@]4(C)[C@H]3CC[C@]12C.Cc1ccc(CNC(=O)CCC(C)C2CC[C@H]3[C@@H]4CC[C@@H]5C[C@H](O)CC[C@]5(C)[C@H]4CC[C@]23C)cc1. The van der Waals surface area contributed by atoms with Crippen molar-refractivity contribution in [3.05, 3.63) is 35.4 Å². The van der Waals surface area contributed by atoms with Crippen molar-refractivity contribution in [2.75, 3.05) is 32.8 Å². The Morgan fingerprint density at radius 3 is 0.992 bits per heavy atom. The number of fused-ring (bicyclic) bond motifs is 20. The highest BCUT2D eigenvalue weighted by molar-refractivity contribution is 5.77. The zero-order valence-corrected chi connectivity index (χ0v) is 86.7. The Labute approximate surface area is 799 Å². The van der Waals surface area contributed by atoms with Crippen LogP contribution in [0.1, 0.15) is 424 Å². The molecule has 0 radical (unpaired) electrons. The highest BCUT2D eigenvalue weighted by Crippen LogP contribution is 2.74. The minimum absolute atomic E-state index is 0.00549. The summed E-state index contributed by atoms with van der Waals surface area (Å²) in [5.41, 5.74) is 5.59. The number of rotatable bonds is 27. The normalized spacial score (nSPS) is 44.0. The molecule has 16 fully saturated rings. The Morgan fingerprint density at radius 2 is 0.687 bits per heavy atom. The number of aryl methyl sites for hydroxylation is 1. The number of nitrogens with zero attached hydrogens (tertiary/aromatic N) is 1. The molecule has 16 aliphatic carbocycles. The van der Waals surface area contributed by atoms with Crippen molar-refractivity contribution in [3.8, 4) is 0 Å². The third-order valence-electron chi connectivity index (χ3n) is 45.9. The highest BCUT2D eigenvalue weighted by atomic mass is 16.3. The van der Waals surface area contributed by atoms with Gasteiger partial charge in [-0.25, -0.2) is 0 Å². The van der Waals surface area contributed by atoms with Crippen molar-refractivity contribution >= 4 is 23.6 Å². The standard InChI is InChI=1S/C32H49NO2.2C29H51NO3.C27H47NO2/c1-21-5-8-23(9-6-21)20-33-30(35)14-7-22(2)27-12-13-28-26-11-10-24-19-25(34)15-17-31(24,3)29(26)16-18-32(27,28)4;1-6-27(3,18-31)30-26(33)12-7-19(2)23-10-11-24-22-9-8-20-17-21(32)13-15-28(20,4)25(22)14-16-29(23,24)5;1-5-16-30(17-18-31)27(33)11-6-20(2)24-9-10-25-23-8-7-21-19-22(32)12-14-28(21,3)26(23)13-15-29(24,25)4;1-5-16-28-25(30)11-6-18(2)22-9-10-23-21-8-7-19-17-20(29)12-14-26(19,3)24(21)13-15-27(22,23)4/h5-6,8-9,22,24-29,34H,7,10-20H2,1-4H3,(H,33,35);19-25,31-32H,6-18H2,1-5H3,(H,30,33);20-26,31-32H,5-19H2,1-4H3;18-24,29H,5-17H2,1-4H3,(H,28,30)/t22?,24-,25-,26+,27?,28+,29+,31+,32-;19?,20-,21-,22+,23?,24+,25+,27?,28+,29-;20?,21-,22-,23+,24?,25+,26+,28+,29-;18?,19-,20-,21+,22?,23+,24+,26+,27-/m1111/s1. The third-order valence-corrected chi connectivity index (χ3v) is 45.9. The second-order valence-corrected chi connectivity index (χ2v) is 52.2. The van der Waals surface area contributed by atoms with Gasteiger partial charge in [-0.2, -0.15) is 0 Å². The van der Waals surface area contributed by atoms with Crippen LogP contribution in [0.4, 0.5) is 0 Å². The number of carbonyl (C=O) groups is 4. The van der Waals surface area contributed by atoms with E-state index >= 15 is 0 Å². The first-order valence-electron chi connectivity index (χ1n) is 56.4. The molecule has 14 nitrogen and oxygen atoms in total. The van der Waals surface area contributed by atoms with E-state index in [0.29, 0.717) is 106 Å². The minimum Gasteiger partial charge on any atom is -0.395 e. The van der Waals surface area contributed by atoms with Gasteiger partial charge in [-0.05, 0) is 481 Å². The molecule has 1 aromatic carbocycles. The summed E-state index contributed by atoms with van der Waals surface area (Å²) < 4.78 is 0. The molecule has 4 amide bonds. The van der Waals surface area contributed by atoms with E-state index in [9.17, 15) is 49.8 Å². The summed E-state index contributed by atoms with van der Waals surface area (Å²) in [6.07, 6.45) is 55.1. The molecule has 0 spiro atoms. The van der Waals surface area contributed by atoms with Gasteiger partial charge in [0.2, 0.25) is 23.6 Å². The number of amides is 4. The van der Waals surface area contributed by atoms with Crippen LogP contribution in [0.2, 0.25) is 0 Å². The number of hydrogen-bond acceptors (Lipinski definition) is 10. The number of hydrogen-bond donors (Lipinski definition) is 9. The van der Waals surface area contributed by atoms with Gasteiger partial charge in [-0.15, -0.1) is 0 Å². The molecule has 37 atom stereocenters. The minimum atomic E-state index is -0.493. The first-order chi connectivity index (χ1) is 62.3. The summed E-state index contributed by atoms with van der Waals surface area (Å²) in [6.45, 7) is 43.4. The quantitative estimate of drug-likeness (QED) is 0.0405. The average Bonchev–Trinajstić information content (AvgIpc) is 1.63. The summed E-state index contributed by atoms with van der Waals surface area (Å²) in [5.74, 6) is 19.7. The Kier molecular flexibility index (Phi) is 34.1. The zero-order valence-electron chi connectivity index (χ0n) is 86.7. The lowest BCUT2D eigenvalue weighted by atomic mass is 9.44. The molecule has 0 saturated heterocycles. The summed E-state index contributed by atoms with van der Waals surface area (Å²) >= 11 is 0. The van der Waals surface area contributed by atoms with E-state index in [0.717, 1.165) is 228 Å². The molecular weight excluding hydrogens is 1620 g/mol. The van der Waals surface area contributed by atoms with Crippen molar-refractivity contribution in [2.45, 2.75) is 456 Å². The Bertz CT molecular complexity index is 3860. The van der Waals surface area contributed by atoms with Crippen LogP contribution in [0.15, 0.2) is 24.3 Å². The van der Waals surface area contributed by atoms with Crippen LogP contribution in [-0.2, 0) is 25.7 Å². The van der Waals surface area contributed by atoms with Gasteiger partial charge in [0.05, 0.1) is 43.2 Å². The Morgan fingerprint density at radius 1 is 0.382 bits per heavy atom. The summed E-state index contributed by atoms with van der Waals surface area (Å²) in [6, 6.07) is 8.44. The number of aliphatic hydroxyl groups excluding tert-OH is 6. The van der Waals surface area contributed by atoms with Gasteiger partial charge in [-0.3, -0.25) is 19.2 Å². The fourth-order valence-electron chi connectivity index (χ4n) is 38.0. The van der Waals surface area contributed by atoms with E-state index in [1.165, 1.54) is 191 Å². The molecule has 1 aromatic rings. The lowest BCUT2D eigenvalue weighted by Gasteiger charge is -2.61.